The van der Waals surface area contributed by atoms with Crippen molar-refractivity contribution >= 4 is 5.91 Å². The highest BCUT2D eigenvalue weighted by atomic mass is 19.1. The molecule has 1 amide bonds. The lowest BCUT2D eigenvalue weighted by molar-refractivity contribution is -0.120. The van der Waals surface area contributed by atoms with E-state index in [1.807, 2.05) is 12.1 Å². The molecule has 0 aliphatic rings. The van der Waals surface area contributed by atoms with Gasteiger partial charge in [-0.25, -0.2) is 4.39 Å². The number of rotatable bonds is 5. The van der Waals surface area contributed by atoms with Crippen LogP contribution in [0.4, 0.5) is 4.39 Å². The van der Waals surface area contributed by atoms with E-state index in [0.717, 1.165) is 11.1 Å². The first-order chi connectivity index (χ1) is 11.7. The van der Waals surface area contributed by atoms with Crippen LogP contribution < -0.4 is 5.32 Å². The van der Waals surface area contributed by atoms with Crippen molar-refractivity contribution in [3.8, 4) is 11.3 Å². The summed E-state index contributed by atoms with van der Waals surface area (Å²) in [4.78, 5) is 24.7. The van der Waals surface area contributed by atoms with E-state index in [1.54, 1.807) is 36.9 Å². The van der Waals surface area contributed by atoms with E-state index in [-0.39, 0.29) is 24.7 Å². The van der Waals surface area contributed by atoms with Gasteiger partial charge in [-0.1, -0.05) is 12.1 Å². The van der Waals surface area contributed by atoms with Crippen molar-refractivity contribution in [2.45, 2.75) is 13.0 Å². The molecule has 3 rings (SSSR count). The second kappa shape index (κ2) is 7.41. The standard InChI is InChI=1S/C18H15FN4O/c19-15-3-1-13(2-4-15)11-17(24)23-12-16-18(22-10-9-21-16)14-5-7-20-8-6-14/h1-10H,11-12H2,(H,23,24). The number of hydrogen-bond donors (Lipinski definition) is 1. The second-order valence-electron chi connectivity index (χ2n) is 5.17. The quantitative estimate of drug-likeness (QED) is 0.784. The normalized spacial score (nSPS) is 10.4. The van der Waals surface area contributed by atoms with Gasteiger partial charge in [0.25, 0.3) is 0 Å². The van der Waals surface area contributed by atoms with Crippen LogP contribution in [0.1, 0.15) is 11.3 Å². The van der Waals surface area contributed by atoms with E-state index in [4.69, 9.17) is 0 Å². The van der Waals surface area contributed by atoms with Crippen LogP contribution in [0.25, 0.3) is 11.3 Å². The van der Waals surface area contributed by atoms with Gasteiger partial charge in [-0.15, -0.1) is 0 Å². The van der Waals surface area contributed by atoms with Crippen molar-refractivity contribution in [3.63, 3.8) is 0 Å². The van der Waals surface area contributed by atoms with Crippen molar-refractivity contribution in [2.24, 2.45) is 0 Å². The molecule has 0 aliphatic heterocycles. The molecule has 6 heteroatoms. The lowest BCUT2D eigenvalue weighted by Crippen LogP contribution is -2.25. The highest BCUT2D eigenvalue weighted by Crippen LogP contribution is 2.18. The Morgan fingerprint density at radius 3 is 2.42 bits per heavy atom. The van der Waals surface area contributed by atoms with Crippen LogP contribution >= 0.6 is 0 Å². The highest BCUT2D eigenvalue weighted by molar-refractivity contribution is 5.78. The van der Waals surface area contributed by atoms with Gasteiger partial charge in [0, 0.05) is 30.4 Å². The van der Waals surface area contributed by atoms with Crippen molar-refractivity contribution in [2.75, 3.05) is 0 Å². The van der Waals surface area contributed by atoms with Gasteiger partial charge in [0.2, 0.25) is 5.91 Å². The van der Waals surface area contributed by atoms with E-state index in [0.29, 0.717) is 11.4 Å². The monoisotopic (exact) mass is 322 g/mol. The van der Waals surface area contributed by atoms with Crippen LogP contribution in [-0.4, -0.2) is 20.9 Å². The number of nitrogens with zero attached hydrogens (tertiary/aromatic N) is 3. The SMILES string of the molecule is O=C(Cc1ccc(F)cc1)NCc1nccnc1-c1ccncc1. The second-order valence-corrected chi connectivity index (χ2v) is 5.17. The first-order valence-electron chi connectivity index (χ1n) is 7.44. The molecule has 5 nitrogen and oxygen atoms in total. The highest BCUT2D eigenvalue weighted by Gasteiger charge is 2.10. The Morgan fingerprint density at radius 1 is 0.958 bits per heavy atom. The van der Waals surface area contributed by atoms with Gasteiger partial charge in [-0.2, -0.15) is 0 Å². The topological polar surface area (TPSA) is 67.8 Å². The van der Waals surface area contributed by atoms with Gasteiger partial charge in [0.15, 0.2) is 0 Å². The van der Waals surface area contributed by atoms with Crippen molar-refractivity contribution < 1.29 is 9.18 Å². The summed E-state index contributed by atoms with van der Waals surface area (Å²) in [6.45, 7) is 0.269. The van der Waals surface area contributed by atoms with Crippen LogP contribution in [-0.2, 0) is 17.8 Å². The maximum absolute atomic E-state index is 12.9. The third-order valence-electron chi connectivity index (χ3n) is 3.46. The Kier molecular flexibility index (Phi) is 4.86. The van der Waals surface area contributed by atoms with Crippen LogP contribution in [0.5, 0.6) is 0 Å². The van der Waals surface area contributed by atoms with Crippen molar-refractivity contribution in [3.05, 3.63) is 78.3 Å². The Balaban J connectivity index is 1.66. The van der Waals surface area contributed by atoms with E-state index >= 15 is 0 Å². The summed E-state index contributed by atoms with van der Waals surface area (Å²) < 4.78 is 12.9. The molecule has 2 heterocycles. The smallest absolute Gasteiger partial charge is 0.224 e. The molecule has 24 heavy (non-hydrogen) atoms. The zero-order valence-electron chi connectivity index (χ0n) is 12.8. The van der Waals surface area contributed by atoms with Gasteiger partial charge in [-0.3, -0.25) is 19.7 Å². The number of benzene rings is 1. The van der Waals surface area contributed by atoms with Gasteiger partial charge in [-0.05, 0) is 29.8 Å². The fourth-order valence-corrected chi connectivity index (χ4v) is 2.28. The Hall–Kier alpha value is -3.15. The molecule has 0 radical (unpaired) electrons. The minimum atomic E-state index is -0.319. The van der Waals surface area contributed by atoms with Crippen LogP contribution in [0.15, 0.2) is 61.2 Å². The molecule has 3 aromatic rings. The molecular weight excluding hydrogens is 307 g/mol. The number of carbonyl (C=O) groups excluding carboxylic acids is 1. The summed E-state index contributed by atoms with van der Waals surface area (Å²) >= 11 is 0. The molecule has 0 bridgehead atoms. The van der Waals surface area contributed by atoms with Crippen molar-refractivity contribution in [1.29, 1.82) is 0 Å². The fourth-order valence-electron chi connectivity index (χ4n) is 2.28. The van der Waals surface area contributed by atoms with E-state index in [2.05, 4.69) is 20.3 Å². The Labute approximate surface area is 138 Å². The van der Waals surface area contributed by atoms with E-state index in [1.165, 1.54) is 12.1 Å². The molecule has 0 aliphatic carbocycles. The molecule has 0 atom stereocenters. The van der Waals surface area contributed by atoms with Crippen LogP contribution in [0.3, 0.4) is 0 Å². The lowest BCUT2D eigenvalue weighted by Gasteiger charge is -2.09. The third-order valence-corrected chi connectivity index (χ3v) is 3.46. The molecule has 1 aromatic carbocycles. The minimum absolute atomic E-state index is 0.159. The minimum Gasteiger partial charge on any atom is -0.350 e. The summed E-state index contributed by atoms with van der Waals surface area (Å²) in [6, 6.07) is 9.56. The summed E-state index contributed by atoms with van der Waals surface area (Å²) in [5.41, 5.74) is 3.03. The maximum Gasteiger partial charge on any atom is 0.224 e. The molecule has 120 valence electrons. The molecular formula is C18H15FN4O. The summed E-state index contributed by atoms with van der Waals surface area (Å²) in [6.07, 6.45) is 6.75. The molecule has 2 aromatic heterocycles. The Morgan fingerprint density at radius 2 is 1.67 bits per heavy atom. The summed E-state index contributed by atoms with van der Waals surface area (Å²) in [5, 5.41) is 2.82. The van der Waals surface area contributed by atoms with Gasteiger partial charge < -0.3 is 5.32 Å². The number of pyridine rings is 1. The number of hydrogen-bond acceptors (Lipinski definition) is 4. The number of nitrogens with one attached hydrogen (secondary N) is 1. The van der Waals surface area contributed by atoms with Gasteiger partial charge in [0.1, 0.15) is 5.82 Å². The van der Waals surface area contributed by atoms with Crippen molar-refractivity contribution in [1.82, 2.24) is 20.3 Å². The first kappa shape index (κ1) is 15.7. The van der Waals surface area contributed by atoms with E-state index in [9.17, 15) is 9.18 Å². The van der Waals surface area contributed by atoms with Crippen LogP contribution in [0, 0.1) is 5.82 Å². The largest absolute Gasteiger partial charge is 0.350 e. The number of carbonyl (C=O) groups is 1. The number of amides is 1. The summed E-state index contributed by atoms with van der Waals surface area (Å²) in [5.74, 6) is -0.478. The van der Waals surface area contributed by atoms with Gasteiger partial charge >= 0.3 is 0 Å². The number of aromatic nitrogens is 3. The lowest BCUT2D eigenvalue weighted by atomic mass is 10.1. The number of halogens is 1. The Bertz CT molecular complexity index is 822. The average Bonchev–Trinajstić information content (AvgIpc) is 2.63. The predicted molar refractivity (Wildman–Crippen MR) is 87.2 cm³/mol. The molecule has 0 spiro atoms. The predicted octanol–water partition coefficient (Wildman–Crippen LogP) is 2.54. The van der Waals surface area contributed by atoms with Gasteiger partial charge in [0.05, 0.1) is 24.4 Å². The zero-order chi connectivity index (χ0) is 16.8. The summed E-state index contributed by atoms with van der Waals surface area (Å²) in [7, 11) is 0. The molecule has 0 unspecified atom stereocenters. The molecule has 0 saturated heterocycles. The third kappa shape index (κ3) is 3.98. The zero-order valence-corrected chi connectivity index (χ0v) is 12.8. The molecule has 1 N–H and O–H groups in total. The molecule has 0 saturated carbocycles. The van der Waals surface area contributed by atoms with E-state index < -0.39 is 0 Å². The average molecular weight is 322 g/mol. The first-order valence-corrected chi connectivity index (χ1v) is 7.44. The maximum atomic E-state index is 12.9. The molecule has 0 fully saturated rings. The van der Waals surface area contributed by atoms with Crippen LogP contribution in [0.2, 0.25) is 0 Å². The fraction of sp³-hybridized carbons (Fsp3) is 0.111.